The number of amides is 2. The number of benzene rings is 2. The van der Waals surface area contributed by atoms with Crippen molar-refractivity contribution >= 4 is 29.9 Å². The summed E-state index contributed by atoms with van der Waals surface area (Å²) in [4.78, 5) is 26.9. The van der Waals surface area contributed by atoms with Gasteiger partial charge in [0.1, 0.15) is 0 Å². The fraction of sp³-hybridized carbons (Fsp3) is 0.364. The molecule has 1 unspecified atom stereocenters. The number of nitrogens with zero attached hydrogens (tertiary/aromatic N) is 1. The number of nitrogens with one attached hydrogen (secondary N) is 2. The van der Waals surface area contributed by atoms with Crippen LogP contribution >= 0.6 is 12.4 Å². The van der Waals surface area contributed by atoms with Crippen LogP contribution in [0.2, 0.25) is 0 Å². The first-order chi connectivity index (χ1) is 13.0. The summed E-state index contributed by atoms with van der Waals surface area (Å²) in [6.45, 7) is 6.81. The average Bonchev–Trinajstić information content (AvgIpc) is 3.28. The lowest BCUT2D eigenvalue weighted by molar-refractivity contribution is -0.126. The molecule has 1 atom stereocenters. The number of anilines is 1. The lowest BCUT2D eigenvalue weighted by atomic mass is 10.1. The third kappa shape index (κ3) is 3.91. The smallest absolute Gasteiger partial charge is 0.227 e. The van der Waals surface area contributed by atoms with Crippen LogP contribution in [0.4, 0.5) is 5.69 Å². The summed E-state index contributed by atoms with van der Waals surface area (Å²) in [5, 5.41) is 6.34. The van der Waals surface area contributed by atoms with E-state index in [1.165, 1.54) is 11.1 Å². The molecular formula is C22H26ClN3O2. The molecule has 2 N–H and O–H groups in total. The van der Waals surface area contributed by atoms with Crippen molar-refractivity contribution < 1.29 is 9.59 Å². The van der Waals surface area contributed by atoms with Gasteiger partial charge in [0, 0.05) is 38.3 Å². The van der Waals surface area contributed by atoms with Crippen LogP contribution in [-0.2, 0) is 29.2 Å². The van der Waals surface area contributed by atoms with Crippen molar-refractivity contribution in [3.63, 3.8) is 0 Å². The molecule has 1 saturated heterocycles. The van der Waals surface area contributed by atoms with E-state index in [2.05, 4.69) is 28.8 Å². The van der Waals surface area contributed by atoms with Crippen LogP contribution in [0.1, 0.15) is 34.2 Å². The minimum atomic E-state index is -0.298. The lowest BCUT2D eigenvalue weighted by Gasteiger charge is -2.20. The van der Waals surface area contributed by atoms with Crippen LogP contribution in [0.5, 0.6) is 0 Å². The molecule has 2 amide bonds. The number of aryl methyl sites for hydroxylation is 1. The Kier molecular flexibility index (Phi) is 6.06. The van der Waals surface area contributed by atoms with Crippen molar-refractivity contribution in [2.24, 2.45) is 5.92 Å². The normalized spacial score (nSPS) is 18.0. The number of fused-ring (bicyclic) bond motifs is 1. The van der Waals surface area contributed by atoms with E-state index in [0.717, 1.165) is 35.5 Å². The molecule has 0 radical (unpaired) electrons. The monoisotopic (exact) mass is 399 g/mol. The van der Waals surface area contributed by atoms with Crippen molar-refractivity contribution in [1.82, 2.24) is 10.6 Å². The Morgan fingerprint density at radius 3 is 2.79 bits per heavy atom. The van der Waals surface area contributed by atoms with E-state index in [9.17, 15) is 9.59 Å². The summed E-state index contributed by atoms with van der Waals surface area (Å²) >= 11 is 0. The van der Waals surface area contributed by atoms with E-state index in [1.54, 1.807) is 4.90 Å². The van der Waals surface area contributed by atoms with E-state index in [1.807, 2.05) is 32.0 Å². The zero-order valence-corrected chi connectivity index (χ0v) is 17.1. The van der Waals surface area contributed by atoms with Gasteiger partial charge in [0.15, 0.2) is 0 Å². The van der Waals surface area contributed by atoms with Gasteiger partial charge in [-0.05, 0) is 47.7 Å². The van der Waals surface area contributed by atoms with Crippen LogP contribution < -0.4 is 15.5 Å². The highest BCUT2D eigenvalue weighted by Crippen LogP contribution is 2.29. The molecule has 2 aromatic rings. The summed E-state index contributed by atoms with van der Waals surface area (Å²) in [6, 6.07) is 12.3. The molecule has 6 heteroatoms. The molecule has 5 nitrogen and oxygen atoms in total. The van der Waals surface area contributed by atoms with Gasteiger partial charge < -0.3 is 15.5 Å². The number of rotatable bonds is 4. The van der Waals surface area contributed by atoms with Gasteiger partial charge in [-0.3, -0.25) is 9.59 Å². The maximum absolute atomic E-state index is 12.6. The summed E-state index contributed by atoms with van der Waals surface area (Å²) in [5.74, 6) is -0.323. The van der Waals surface area contributed by atoms with E-state index in [-0.39, 0.29) is 36.6 Å². The molecular weight excluding hydrogens is 374 g/mol. The SMILES string of the molecule is Cc1cccc(N2CC(C(=O)NCc3ccc4c(c3)CNC4)CC2=O)c1C.Cl. The highest BCUT2D eigenvalue weighted by Gasteiger charge is 2.35. The van der Waals surface area contributed by atoms with Crippen LogP contribution in [0.3, 0.4) is 0 Å². The molecule has 0 spiro atoms. The highest BCUT2D eigenvalue weighted by molar-refractivity contribution is 6.00. The molecule has 4 rings (SSSR count). The van der Waals surface area contributed by atoms with Gasteiger partial charge in [-0.25, -0.2) is 0 Å². The largest absolute Gasteiger partial charge is 0.352 e. The average molecular weight is 400 g/mol. The summed E-state index contributed by atoms with van der Waals surface area (Å²) in [7, 11) is 0. The second kappa shape index (κ2) is 8.33. The molecule has 2 aliphatic heterocycles. The fourth-order valence-electron chi connectivity index (χ4n) is 3.94. The van der Waals surface area contributed by atoms with E-state index in [0.29, 0.717) is 13.1 Å². The third-order valence-corrected chi connectivity index (χ3v) is 5.73. The Morgan fingerprint density at radius 1 is 1.18 bits per heavy atom. The molecule has 0 aromatic heterocycles. The molecule has 0 aliphatic carbocycles. The van der Waals surface area contributed by atoms with Crippen LogP contribution in [0.15, 0.2) is 36.4 Å². The Balaban J connectivity index is 0.00000225. The minimum Gasteiger partial charge on any atom is -0.352 e. The van der Waals surface area contributed by atoms with E-state index in [4.69, 9.17) is 0 Å². The van der Waals surface area contributed by atoms with Crippen molar-refractivity contribution in [2.45, 2.75) is 39.9 Å². The molecule has 28 heavy (non-hydrogen) atoms. The minimum absolute atomic E-state index is 0. The number of carbonyl (C=O) groups is 2. The zero-order chi connectivity index (χ0) is 19.0. The predicted molar refractivity (Wildman–Crippen MR) is 112 cm³/mol. The van der Waals surface area contributed by atoms with Gasteiger partial charge in [-0.15, -0.1) is 12.4 Å². The number of carbonyl (C=O) groups excluding carboxylic acids is 2. The number of hydrogen-bond acceptors (Lipinski definition) is 3. The first-order valence-electron chi connectivity index (χ1n) is 9.48. The van der Waals surface area contributed by atoms with Gasteiger partial charge >= 0.3 is 0 Å². The first kappa shape index (κ1) is 20.4. The number of halogens is 1. The second-order valence-electron chi connectivity index (χ2n) is 7.55. The second-order valence-corrected chi connectivity index (χ2v) is 7.55. The van der Waals surface area contributed by atoms with Crippen molar-refractivity contribution in [1.29, 1.82) is 0 Å². The zero-order valence-electron chi connectivity index (χ0n) is 16.2. The van der Waals surface area contributed by atoms with E-state index < -0.39 is 0 Å². The molecule has 0 saturated carbocycles. The standard InChI is InChI=1S/C22H25N3O2.ClH/c1-14-4-3-5-20(15(14)2)25-13-19(9-21(25)26)22(27)24-10-16-6-7-17-11-23-12-18(17)8-16;/h3-8,19,23H,9-13H2,1-2H3,(H,24,27);1H. The van der Waals surface area contributed by atoms with E-state index >= 15 is 0 Å². The summed E-state index contributed by atoms with van der Waals surface area (Å²) in [6.07, 6.45) is 0.271. The predicted octanol–water partition coefficient (Wildman–Crippen LogP) is 3.00. The molecule has 1 fully saturated rings. The molecule has 148 valence electrons. The Hall–Kier alpha value is -2.37. The topological polar surface area (TPSA) is 61.4 Å². The lowest BCUT2D eigenvalue weighted by Crippen LogP contribution is -2.32. The van der Waals surface area contributed by atoms with Gasteiger partial charge in [-0.1, -0.05) is 30.3 Å². The first-order valence-corrected chi connectivity index (χ1v) is 9.48. The quantitative estimate of drug-likeness (QED) is 0.830. The third-order valence-electron chi connectivity index (χ3n) is 5.73. The maximum Gasteiger partial charge on any atom is 0.227 e. The molecule has 2 heterocycles. The summed E-state index contributed by atoms with van der Waals surface area (Å²) < 4.78 is 0. The van der Waals surface area contributed by atoms with Crippen molar-refractivity contribution in [2.75, 3.05) is 11.4 Å². The highest BCUT2D eigenvalue weighted by atomic mass is 35.5. The fourth-order valence-corrected chi connectivity index (χ4v) is 3.94. The van der Waals surface area contributed by atoms with Gasteiger partial charge in [0.25, 0.3) is 0 Å². The van der Waals surface area contributed by atoms with Crippen LogP contribution in [0.25, 0.3) is 0 Å². The van der Waals surface area contributed by atoms with Crippen LogP contribution in [0, 0.1) is 19.8 Å². The Bertz CT molecular complexity index is 913. The van der Waals surface area contributed by atoms with Crippen molar-refractivity contribution in [3.8, 4) is 0 Å². The van der Waals surface area contributed by atoms with Crippen LogP contribution in [-0.4, -0.2) is 18.4 Å². The van der Waals surface area contributed by atoms with Gasteiger partial charge in [0.05, 0.1) is 5.92 Å². The molecule has 0 bridgehead atoms. The van der Waals surface area contributed by atoms with Crippen molar-refractivity contribution in [3.05, 3.63) is 64.2 Å². The van der Waals surface area contributed by atoms with Gasteiger partial charge in [0.2, 0.25) is 11.8 Å². The van der Waals surface area contributed by atoms with Gasteiger partial charge in [-0.2, -0.15) is 0 Å². The molecule has 2 aromatic carbocycles. The Morgan fingerprint density at radius 2 is 1.96 bits per heavy atom. The maximum atomic E-state index is 12.6. The molecule has 2 aliphatic rings. The summed E-state index contributed by atoms with van der Waals surface area (Å²) in [5.41, 5.74) is 6.90. The number of hydrogen-bond donors (Lipinski definition) is 2. The Labute approximate surface area is 171 Å².